The number of halogens is 1. The summed E-state index contributed by atoms with van der Waals surface area (Å²) >= 11 is 0. The molecule has 0 saturated carbocycles. The lowest BCUT2D eigenvalue weighted by molar-refractivity contribution is -0.131. The van der Waals surface area contributed by atoms with Gasteiger partial charge in [0.2, 0.25) is 0 Å². The van der Waals surface area contributed by atoms with Crippen molar-refractivity contribution in [2.24, 2.45) is 5.73 Å². The Labute approximate surface area is 84.1 Å². The fourth-order valence-corrected chi connectivity index (χ4v) is 0.0823. The van der Waals surface area contributed by atoms with Gasteiger partial charge in [0.15, 0.2) is 0 Å². The number of rotatable bonds is 1. The van der Waals surface area contributed by atoms with E-state index in [2.05, 4.69) is 5.73 Å². The van der Waals surface area contributed by atoms with Gasteiger partial charge in [0.05, 0.1) is 0 Å². The van der Waals surface area contributed by atoms with Gasteiger partial charge in [0.1, 0.15) is 0 Å². The lowest BCUT2D eigenvalue weighted by Crippen LogP contribution is -1.99. The van der Waals surface area contributed by atoms with Gasteiger partial charge in [-0.15, -0.1) is 24.0 Å². The highest BCUT2D eigenvalue weighted by Gasteiger charge is 1.77. The highest BCUT2D eigenvalue weighted by molar-refractivity contribution is 14.0. The molecule has 0 heterocycles. The van der Waals surface area contributed by atoms with Crippen LogP contribution in [0.2, 0.25) is 0 Å². The Morgan fingerprint density at radius 1 is 1.45 bits per heavy atom. The second-order valence-corrected chi connectivity index (χ2v) is 2.04. The molecular formula is C6H15IN2O2. The first-order valence-electron chi connectivity index (χ1n) is 2.72. The van der Waals surface area contributed by atoms with Gasteiger partial charge in [0.25, 0.3) is 0 Å². The first kappa shape index (κ1) is 17.0. The van der Waals surface area contributed by atoms with Crippen molar-refractivity contribution in [1.29, 1.82) is 0 Å². The second-order valence-electron chi connectivity index (χ2n) is 2.04. The van der Waals surface area contributed by atoms with Gasteiger partial charge in [-0.2, -0.15) is 0 Å². The molecule has 0 aromatic rings. The normalized spacial score (nSPS) is 8.36. The van der Waals surface area contributed by atoms with Crippen LogP contribution in [0, 0.1) is 0 Å². The first-order chi connectivity index (χ1) is 4.50. The summed E-state index contributed by atoms with van der Waals surface area (Å²) in [5.74, 6) is -1.02. The van der Waals surface area contributed by atoms with Crippen LogP contribution in [0.4, 0.5) is 0 Å². The number of carboxylic acids is 1. The van der Waals surface area contributed by atoms with Gasteiger partial charge in [-0.3, -0.25) is 0 Å². The summed E-state index contributed by atoms with van der Waals surface area (Å²) in [6.07, 6.45) is 1.84. The van der Waals surface area contributed by atoms with Gasteiger partial charge in [-0.25, -0.2) is 4.79 Å². The number of hydrogen-bond donors (Lipinski definition) is 2. The Morgan fingerprint density at radius 3 is 1.73 bits per heavy atom. The Kier molecular flexibility index (Phi) is 19.1. The van der Waals surface area contributed by atoms with Crippen molar-refractivity contribution in [1.82, 2.24) is 4.90 Å². The van der Waals surface area contributed by atoms with Crippen molar-refractivity contribution in [3.63, 3.8) is 0 Å². The molecule has 0 amide bonds. The number of nitrogens with two attached hydrogens (primary N) is 1. The summed E-state index contributed by atoms with van der Waals surface area (Å²) in [4.78, 5) is 11.4. The largest absolute Gasteiger partial charge is 0.478 e. The summed E-state index contributed by atoms with van der Waals surface area (Å²) in [7, 11) is 6.00. The molecule has 0 aliphatic carbocycles. The molecule has 4 nitrogen and oxygen atoms in total. The number of aliphatic carboxylic acids is 1. The summed E-state index contributed by atoms with van der Waals surface area (Å²) in [6, 6.07) is 0. The Bertz CT molecular complexity index is 112. The van der Waals surface area contributed by atoms with Gasteiger partial charge < -0.3 is 15.7 Å². The highest BCUT2D eigenvalue weighted by atomic mass is 127. The van der Waals surface area contributed by atoms with Crippen LogP contribution in [0.15, 0.2) is 12.3 Å². The number of hydrogen-bond acceptors (Lipinski definition) is 3. The van der Waals surface area contributed by atoms with E-state index in [-0.39, 0.29) is 24.0 Å². The molecular weight excluding hydrogens is 259 g/mol. The molecule has 0 saturated heterocycles. The molecule has 68 valence electrons. The van der Waals surface area contributed by atoms with Crippen LogP contribution in [-0.4, -0.2) is 37.1 Å². The second kappa shape index (κ2) is 12.4. The molecule has 0 aromatic heterocycles. The van der Waals surface area contributed by atoms with E-state index in [0.717, 1.165) is 12.3 Å². The van der Waals surface area contributed by atoms with Crippen molar-refractivity contribution in [3.05, 3.63) is 12.3 Å². The third-order valence-corrected chi connectivity index (χ3v) is 0.239. The molecule has 0 bridgehead atoms. The molecule has 0 spiro atoms. The highest BCUT2D eigenvalue weighted by Crippen LogP contribution is 1.59. The van der Waals surface area contributed by atoms with E-state index in [1.165, 1.54) is 0 Å². The fourth-order valence-electron chi connectivity index (χ4n) is 0.0823. The van der Waals surface area contributed by atoms with Crippen molar-refractivity contribution in [3.8, 4) is 0 Å². The third-order valence-electron chi connectivity index (χ3n) is 0.239. The smallest absolute Gasteiger partial charge is 0.329 e. The Hall–Kier alpha value is -0.300. The first-order valence-corrected chi connectivity index (χ1v) is 2.72. The molecule has 0 aliphatic rings. The van der Waals surface area contributed by atoms with Crippen LogP contribution in [0.25, 0.3) is 0 Å². The van der Waals surface area contributed by atoms with E-state index in [1.54, 1.807) is 0 Å². The Morgan fingerprint density at radius 2 is 1.73 bits per heavy atom. The van der Waals surface area contributed by atoms with E-state index in [4.69, 9.17) is 5.11 Å². The minimum atomic E-state index is -1.02. The van der Waals surface area contributed by atoms with Gasteiger partial charge in [0, 0.05) is 12.3 Å². The maximum Gasteiger partial charge on any atom is 0.329 e. The average Bonchev–Trinajstić information content (AvgIpc) is 1.62. The summed E-state index contributed by atoms with van der Waals surface area (Å²) < 4.78 is 0. The molecule has 0 unspecified atom stereocenters. The van der Waals surface area contributed by atoms with Crippen LogP contribution < -0.4 is 5.73 Å². The maximum atomic E-state index is 9.43. The lowest BCUT2D eigenvalue weighted by Gasteiger charge is -1.90. The average molecular weight is 274 g/mol. The topological polar surface area (TPSA) is 66.6 Å². The van der Waals surface area contributed by atoms with Crippen molar-refractivity contribution in [2.75, 3.05) is 21.1 Å². The molecule has 0 rings (SSSR count). The number of carbonyl (C=O) groups is 1. The number of carboxylic acid groups (broad SMARTS) is 1. The summed E-state index contributed by atoms with van der Waals surface area (Å²) in [6.45, 7) is 0. The Balaban J connectivity index is -0.000000114. The zero-order valence-corrected chi connectivity index (χ0v) is 9.27. The van der Waals surface area contributed by atoms with E-state index in [1.807, 2.05) is 26.0 Å². The molecule has 0 radical (unpaired) electrons. The van der Waals surface area contributed by atoms with E-state index in [9.17, 15) is 4.79 Å². The minimum Gasteiger partial charge on any atom is -0.478 e. The molecule has 3 N–H and O–H groups in total. The SMILES string of the molecule is CN(C)C.I.NC=CC(=O)O. The van der Waals surface area contributed by atoms with Crippen molar-refractivity contribution in [2.45, 2.75) is 0 Å². The zero-order chi connectivity index (χ0) is 8.57. The van der Waals surface area contributed by atoms with E-state index < -0.39 is 5.97 Å². The van der Waals surface area contributed by atoms with E-state index >= 15 is 0 Å². The quantitative estimate of drug-likeness (QED) is 0.534. The predicted octanol–water partition coefficient (Wildman–Crippen LogP) is 0.339. The van der Waals surface area contributed by atoms with Gasteiger partial charge >= 0.3 is 5.97 Å². The fraction of sp³-hybridized carbons (Fsp3) is 0.500. The standard InChI is InChI=1S/C3H5NO2.C3H9N.HI/c4-2-1-3(5)6;1-4(2)3;/h1-2H,4H2,(H,5,6);1-3H3;1H. The zero-order valence-electron chi connectivity index (χ0n) is 6.94. The summed E-state index contributed by atoms with van der Waals surface area (Å²) in [5.41, 5.74) is 4.67. The molecule has 0 fully saturated rings. The van der Waals surface area contributed by atoms with E-state index in [0.29, 0.717) is 0 Å². The van der Waals surface area contributed by atoms with Crippen LogP contribution >= 0.6 is 24.0 Å². The molecule has 0 aliphatic heterocycles. The van der Waals surface area contributed by atoms with Crippen LogP contribution in [0.5, 0.6) is 0 Å². The van der Waals surface area contributed by atoms with Crippen LogP contribution in [-0.2, 0) is 4.79 Å². The predicted molar refractivity (Wildman–Crippen MR) is 56.0 cm³/mol. The maximum absolute atomic E-state index is 9.43. The lowest BCUT2D eigenvalue weighted by atomic mass is 10.6. The number of nitrogens with zero attached hydrogens (tertiary/aromatic N) is 1. The molecule has 11 heavy (non-hydrogen) atoms. The molecule has 5 heteroatoms. The monoisotopic (exact) mass is 274 g/mol. The molecule has 0 atom stereocenters. The molecule has 0 aromatic carbocycles. The van der Waals surface area contributed by atoms with Crippen molar-refractivity contribution < 1.29 is 9.90 Å². The van der Waals surface area contributed by atoms with Gasteiger partial charge in [-0.05, 0) is 21.1 Å². The van der Waals surface area contributed by atoms with Crippen molar-refractivity contribution >= 4 is 29.9 Å². The van der Waals surface area contributed by atoms with Crippen LogP contribution in [0.3, 0.4) is 0 Å². The summed E-state index contributed by atoms with van der Waals surface area (Å²) in [5, 5.41) is 7.75. The van der Waals surface area contributed by atoms with Gasteiger partial charge in [-0.1, -0.05) is 0 Å². The minimum absolute atomic E-state index is 0. The third kappa shape index (κ3) is 78.9. The van der Waals surface area contributed by atoms with Crippen LogP contribution in [0.1, 0.15) is 0 Å².